The molecule has 1 aliphatic carbocycles. The number of hydrogen-bond acceptors (Lipinski definition) is 4. The molecule has 4 nitrogen and oxygen atoms in total. The maximum absolute atomic E-state index is 5.48. The molecule has 1 aliphatic rings. The maximum atomic E-state index is 5.48. The molecule has 0 fully saturated rings. The number of nitrogen functional groups attached to an aromatic ring is 1. The lowest BCUT2D eigenvalue weighted by molar-refractivity contribution is 0.745. The Morgan fingerprint density at radius 2 is 2.20 bits per heavy atom. The average Bonchev–Trinajstić information content (AvgIpc) is 2.73. The highest BCUT2D eigenvalue weighted by atomic mass is 15.3. The van der Waals surface area contributed by atoms with E-state index < -0.39 is 0 Å². The third-order valence-corrected chi connectivity index (χ3v) is 2.87. The number of hydrogen-bond donors (Lipinski definition) is 2. The molecule has 0 aliphatic heterocycles. The first-order chi connectivity index (χ1) is 7.35. The molecule has 0 unspecified atom stereocenters. The molecule has 3 N–H and O–H groups in total. The summed E-state index contributed by atoms with van der Waals surface area (Å²) in [5, 5.41) is 0. The molecule has 0 saturated heterocycles. The number of nitrogens with one attached hydrogen (secondary N) is 1. The highest BCUT2D eigenvalue weighted by Crippen LogP contribution is 2.25. The molecule has 1 aromatic heterocycles. The molecule has 0 bridgehead atoms. The van der Waals surface area contributed by atoms with Crippen molar-refractivity contribution in [3.05, 3.63) is 17.1 Å². The molecule has 2 rings (SSSR count). The predicted octanol–water partition coefficient (Wildman–Crippen LogP) is 1.59. The van der Waals surface area contributed by atoms with Crippen molar-refractivity contribution in [2.75, 3.05) is 5.43 Å². The van der Waals surface area contributed by atoms with Crippen LogP contribution in [-0.2, 0) is 19.3 Å². The van der Waals surface area contributed by atoms with Crippen LogP contribution in [0.15, 0.2) is 0 Å². The molecule has 4 heteroatoms. The van der Waals surface area contributed by atoms with Crippen LogP contribution in [0.2, 0.25) is 0 Å². The van der Waals surface area contributed by atoms with Gasteiger partial charge in [-0.3, -0.25) is 0 Å². The molecule has 1 aromatic rings. The van der Waals surface area contributed by atoms with Gasteiger partial charge in [0, 0.05) is 17.7 Å². The molecular weight excluding hydrogens is 188 g/mol. The fourth-order valence-electron chi connectivity index (χ4n) is 2.05. The molecule has 0 aromatic carbocycles. The number of anilines is 1. The third-order valence-electron chi connectivity index (χ3n) is 2.87. The number of aryl methyl sites for hydroxylation is 2. The van der Waals surface area contributed by atoms with Crippen LogP contribution >= 0.6 is 0 Å². The van der Waals surface area contributed by atoms with E-state index in [1.807, 2.05) is 0 Å². The van der Waals surface area contributed by atoms with Gasteiger partial charge in [0.05, 0.1) is 0 Å². The average molecular weight is 206 g/mol. The van der Waals surface area contributed by atoms with Crippen LogP contribution in [0.4, 0.5) is 5.82 Å². The smallest absolute Gasteiger partial charge is 0.147 e. The van der Waals surface area contributed by atoms with Crippen LogP contribution in [0.3, 0.4) is 0 Å². The van der Waals surface area contributed by atoms with Gasteiger partial charge in [0.25, 0.3) is 0 Å². The standard InChI is InChI=1S/C11H18N4/c1-2-3-7-10-13-9-6-4-5-8(9)11(14-10)15-12/h2-7,12H2,1H3,(H,13,14,15). The van der Waals surface area contributed by atoms with E-state index in [0.717, 1.165) is 37.3 Å². The first-order valence-corrected chi connectivity index (χ1v) is 5.70. The summed E-state index contributed by atoms with van der Waals surface area (Å²) in [6, 6.07) is 0. The Morgan fingerprint density at radius 3 is 2.93 bits per heavy atom. The summed E-state index contributed by atoms with van der Waals surface area (Å²) >= 11 is 0. The van der Waals surface area contributed by atoms with Crippen LogP contribution in [0.5, 0.6) is 0 Å². The van der Waals surface area contributed by atoms with Gasteiger partial charge in [-0.15, -0.1) is 0 Å². The van der Waals surface area contributed by atoms with Gasteiger partial charge in [-0.05, 0) is 25.7 Å². The SMILES string of the molecule is CCCCc1nc2c(c(NN)n1)CCC2. The number of fused-ring (bicyclic) bond motifs is 1. The van der Waals surface area contributed by atoms with Crippen molar-refractivity contribution < 1.29 is 0 Å². The predicted molar refractivity (Wildman–Crippen MR) is 60.5 cm³/mol. The molecular formula is C11H18N4. The van der Waals surface area contributed by atoms with E-state index in [0.29, 0.717) is 0 Å². The van der Waals surface area contributed by atoms with E-state index in [1.165, 1.54) is 24.1 Å². The van der Waals surface area contributed by atoms with E-state index >= 15 is 0 Å². The zero-order chi connectivity index (χ0) is 10.7. The van der Waals surface area contributed by atoms with Crippen LogP contribution in [0, 0.1) is 0 Å². The lowest BCUT2D eigenvalue weighted by Crippen LogP contribution is -2.13. The van der Waals surface area contributed by atoms with Crippen molar-refractivity contribution in [1.29, 1.82) is 0 Å². The van der Waals surface area contributed by atoms with Crippen molar-refractivity contribution in [1.82, 2.24) is 9.97 Å². The second kappa shape index (κ2) is 4.57. The molecule has 0 radical (unpaired) electrons. The number of nitrogens with zero attached hydrogens (tertiary/aromatic N) is 2. The zero-order valence-electron chi connectivity index (χ0n) is 9.21. The maximum Gasteiger partial charge on any atom is 0.147 e. The number of nitrogens with two attached hydrogens (primary N) is 1. The normalized spacial score (nSPS) is 14.0. The molecule has 15 heavy (non-hydrogen) atoms. The van der Waals surface area contributed by atoms with Crippen molar-refractivity contribution in [3.63, 3.8) is 0 Å². The Bertz CT molecular complexity index is 349. The van der Waals surface area contributed by atoms with Gasteiger partial charge in [0.15, 0.2) is 0 Å². The van der Waals surface area contributed by atoms with E-state index in [4.69, 9.17) is 5.84 Å². The summed E-state index contributed by atoms with van der Waals surface area (Å²) in [5.74, 6) is 7.25. The van der Waals surface area contributed by atoms with Crippen LogP contribution in [-0.4, -0.2) is 9.97 Å². The van der Waals surface area contributed by atoms with Crippen molar-refractivity contribution in [3.8, 4) is 0 Å². The highest BCUT2D eigenvalue weighted by molar-refractivity contribution is 5.47. The van der Waals surface area contributed by atoms with E-state index in [9.17, 15) is 0 Å². The lowest BCUT2D eigenvalue weighted by Gasteiger charge is -2.08. The van der Waals surface area contributed by atoms with Gasteiger partial charge in [0.2, 0.25) is 0 Å². The van der Waals surface area contributed by atoms with E-state index in [-0.39, 0.29) is 0 Å². The monoisotopic (exact) mass is 206 g/mol. The summed E-state index contributed by atoms with van der Waals surface area (Å²) in [4.78, 5) is 9.05. The van der Waals surface area contributed by atoms with E-state index in [2.05, 4.69) is 22.3 Å². The zero-order valence-corrected chi connectivity index (χ0v) is 9.21. The first-order valence-electron chi connectivity index (χ1n) is 5.70. The molecule has 0 atom stereocenters. The Morgan fingerprint density at radius 1 is 1.33 bits per heavy atom. The van der Waals surface area contributed by atoms with Crippen molar-refractivity contribution >= 4 is 5.82 Å². The Labute approximate surface area is 90.3 Å². The van der Waals surface area contributed by atoms with Gasteiger partial charge < -0.3 is 5.43 Å². The van der Waals surface area contributed by atoms with Gasteiger partial charge in [0.1, 0.15) is 11.6 Å². The lowest BCUT2D eigenvalue weighted by atomic mass is 10.2. The number of hydrazine groups is 1. The molecule has 0 saturated carbocycles. The molecule has 0 amide bonds. The topological polar surface area (TPSA) is 63.8 Å². The first kappa shape index (κ1) is 10.4. The minimum Gasteiger partial charge on any atom is -0.308 e. The van der Waals surface area contributed by atoms with Crippen LogP contribution in [0.25, 0.3) is 0 Å². The summed E-state index contributed by atoms with van der Waals surface area (Å²) in [6.45, 7) is 2.18. The van der Waals surface area contributed by atoms with Gasteiger partial charge >= 0.3 is 0 Å². The Balaban J connectivity index is 2.26. The fourth-order valence-corrected chi connectivity index (χ4v) is 2.05. The summed E-state index contributed by atoms with van der Waals surface area (Å²) < 4.78 is 0. The second-order valence-corrected chi connectivity index (χ2v) is 4.02. The molecule has 1 heterocycles. The van der Waals surface area contributed by atoms with Crippen LogP contribution < -0.4 is 11.3 Å². The molecule has 82 valence electrons. The summed E-state index contributed by atoms with van der Waals surface area (Å²) in [7, 11) is 0. The third kappa shape index (κ3) is 2.09. The fraction of sp³-hybridized carbons (Fsp3) is 0.636. The van der Waals surface area contributed by atoms with Gasteiger partial charge in [-0.1, -0.05) is 13.3 Å². The van der Waals surface area contributed by atoms with Gasteiger partial charge in [-0.25, -0.2) is 15.8 Å². The Kier molecular flexibility index (Phi) is 3.16. The number of aromatic nitrogens is 2. The largest absolute Gasteiger partial charge is 0.308 e. The second-order valence-electron chi connectivity index (χ2n) is 4.02. The Hall–Kier alpha value is -1.16. The van der Waals surface area contributed by atoms with Crippen LogP contribution in [0.1, 0.15) is 43.3 Å². The minimum absolute atomic E-state index is 0.837. The summed E-state index contributed by atoms with van der Waals surface area (Å²) in [6.07, 6.45) is 6.58. The summed E-state index contributed by atoms with van der Waals surface area (Å²) in [5.41, 5.74) is 5.11. The van der Waals surface area contributed by atoms with Gasteiger partial charge in [-0.2, -0.15) is 0 Å². The quantitative estimate of drug-likeness (QED) is 0.580. The number of unbranched alkanes of at least 4 members (excludes halogenated alkanes) is 1. The minimum atomic E-state index is 0.837. The number of rotatable bonds is 4. The highest BCUT2D eigenvalue weighted by Gasteiger charge is 2.18. The molecule has 0 spiro atoms. The van der Waals surface area contributed by atoms with Crippen molar-refractivity contribution in [2.24, 2.45) is 5.84 Å². The van der Waals surface area contributed by atoms with Crippen molar-refractivity contribution in [2.45, 2.75) is 45.4 Å². The van der Waals surface area contributed by atoms with E-state index in [1.54, 1.807) is 0 Å².